The standard InChI is InChI=1S/C14H8O2.C13H8O2/c15-13-9-5-1-2-6-10(9)14(16)12-8-4-3-7-11(12)13;14-13-9-5-1-3-7-11(9)15-12-8-4-2-6-10(12)13/h1-8H;1-8H. The van der Waals surface area contributed by atoms with Gasteiger partial charge in [0.1, 0.15) is 11.2 Å². The molecule has 4 heteroatoms. The molecule has 0 N–H and O–H groups in total. The molecular formula is C27H16O4. The van der Waals surface area contributed by atoms with Gasteiger partial charge >= 0.3 is 0 Å². The van der Waals surface area contributed by atoms with Gasteiger partial charge in [0.15, 0.2) is 11.6 Å². The van der Waals surface area contributed by atoms with Crippen molar-refractivity contribution in [3.63, 3.8) is 0 Å². The second kappa shape index (κ2) is 7.50. The summed E-state index contributed by atoms with van der Waals surface area (Å²) in [7, 11) is 0. The first kappa shape index (κ1) is 18.7. The summed E-state index contributed by atoms with van der Waals surface area (Å²) in [5.41, 5.74) is 3.34. The maximum absolute atomic E-state index is 12.1. The van der Waals surface area contributed by atoms with Crippen molar-refractivity contribution in [1.82, 2.24) is 0 Å². The van der Waals surface area contributed by atoms with Crippen molar-refractivity contribution < 1.29 is 14.0 Å². The van der Waals surface area contributed by atoms with Gasteiger partial charge in [0.05, 0.1) is 10.8 Å². The Labute approximate surface area is 177 Å². The Kier molecular flexibility index (Phi) is 4.53. The zero-order valence-corrected chi connectivity index (χ0v) is 16.4. The van der Waals surface area contributed by atoms with Gasteiger partial charge in [-0.2, -0.15) is 0 Å². The van der Waals surface area contributed by atoms with Crippen molar-refractivity contribution in [2.24, 2.45) is 0 Å². The molecular weight excluding hydrogens is 388 g/mol. The van der Waals surface area contributed by atoms with Crippen LogP contribution in [0.2, 0.25) is 0 Å². The molecule has 0 spiro atoms. The second-order valence-corrected chi connectivity index (χ2v) is 7.17. The molecule has 0 saturated carbocycles. The van der Waals surface area contributed by atoms with Crippen LogP contribution in [0.15, 0.2) is 106 Å². The molecule has 1 aromatic heterocycles. The van der Waals surface area contributed by atoms with Gasteiger partial charge in [-0.15, -0.1) is 0 Å². The molecule has 5 aromatic rings. The lowest BCUT2D eigenvalue weighted by Crippen LogP contribution is -2.20. The number of carbonyl (C=O) groups is 2. The van der Waals surface area contributed by atoms with Crippen molar-refractivity contribution >= 4 is 33.5 Å². The van der Waals surface area contributed by atoms with Crippen LogP contribution in [0.3, 0.4) is 0 Å². The van der Waals surface area contributed by atoms with E-state index in [4.69, 9.17) is 4.42 Å². The molecule has 31 heavy (non-hydrogen) atoms. The van der Waals surface area contributed by atoms with Crippen LogP contribution in [0.5, 0.6) is 0 Å². The average Bonchev–Trinajstić information content (AvgIpc) is 2.83. The van der Waals surface area contributed by atoms with E-state index in [1.165, 1.54) is 0 Å². The molecule has 1 aliphatic carbocycles. The smallest absolute Gasteiger partial charge is 0.200 e. The number of rotatable bonds is 0. The Balaban J connectivity index is 0.000000132. The van der Waals surface area contributed by atoms with Crippen LogP contribution in [0.1, 0.15) is 31.8 Å². The molecule has 0 fully saturated rings. The fourth-order valence-electron chi connectivity index (χ4n) is 3.80. The molecule has 0 atom stereocenters. The van der Waals surface area contributed by atoms with Crippen LogP contribution in [-0.4, -0.2) is 11.6 Å². The summed E-state index contributed by atoms with van der Waals surface area (Å²) in [4.78, 5) is 36.2. The number of benzene rings is 4. The van der Waals surface area contributed by atoms with E-state index in [0.29, 0.717) is 44.2 Å². The van der Waals surface area contributed by atoms with E-state index in [0.717, 1.165) is 0 Å². The van der Waals surface area contributed by atoms with Crippen LogP contribution in [-0.2, 0) is 0 Å². The van der Waals surface area contributed by atoms with Gasteiger partial charge in [0, 0.05) is 22.3 Å². The largest absolute Gasteiger partial charge is 0.456 e. The molecule has 0 unspecified atom stereocenters. The van der Waals surface area contributed by atoms with E-state index in [1.807, 2.05) is 36.4 Å². The number of hydrogen-bond donors (Lipinski definition) is 0. The van der Waals surface area contributed by atoms with Crippen molar-refractivity contribution in [3.8, 4) is 0 Å². The highest BCUT2D eigenvalue weighted by atomic mass is 16.3. The molecule has 6 rings (SSSR count). The van der Waals surface area contributed by atoms with Gasteiger partial charge in [-0.25, -0.2) is 0 Å². The number of hydrogen-bond acceptors (Lipinski definition) is 4. The highest BCUT2D eigenvalue weighted by Gasteiger charge is 2.28. The fourth-order valence-corrected chi connectivity index (χ4v) is 3.80. The Morgan fingerprint density at radius 2 is 0.742 bits per heavy atom. The van der Waals surface area contributed by atoms with Crippen molar-refractivity contribution in [3.05, 3.63) is 130 Å². The minimum atomic E-state index is -0.0641. The third-order valence-electron chi connectivity index (χ3n) is 5.32. The van der Waals surface area contributed by atoms with E-state index < -0.39 is 0 Å². The lowest BCUT2D eigenvalue weighted by molar-refractivity contribution is 0.0979. The predicted molar refractivity (Wildman–Crippen MR) is 120 cm³/mol. The highest BCUT2D eigenvalue weighted by Crippen LogP contribution is 2.26. The Morgan fingerprint density at radius 1 is 0.419 bits per heavy atom. The first-order valence-electron chi connectivity index (χ1n) is 9.83. The minimum Gasteiger partial charge on any atom is -0.456 e. The van der Waals surface area contributed by atoms with Gasteiger partial charge in [-0.05, 0) is 24.3 Å². The number of ketones is 2. The summed E-state index contributed by atoms with van der Waals surface area (Å²) < 4.78 is 5.63. The van der Waals surface area contributed by atoms with E-state index in [2.05, 4.69) is 0 Å². The molecule has 0 saturated heterocycles. The minimum absolute atomic E-state index is 0.0347. The summed E-state index contributed by atoms with van der Waals surface area (Å²) in [5.74, 6) is -0.128. The molecule has 4 nitrogen and oxygen atoms in total. The van der Waals surface area contributed by atoms with Gasteiger partial charge in [-0.3, -0.25) is 14.4 Å². The first-order chi connectivity index (χ1) is 15.1. The SMILES string of the molecule is O=C1c2ccccc2C(=O)c2ccccc21.O=c1c2ccccc2oc2ccccc12. The van der Waals surface area contributed by atoms with Crippen LogP contribution in [0, 0.1) is 0 Å². The van der Waals surface area contributed by atoms with Crippen molar-refractivity contribution in [2.75, 3.05) is 0 Å². The average molecular weight is 404 g/mol. The molecule has 0 aliphatic heterocycles. The molecule has 0 bridgehead atoms. The number of carbonyl (C=O) groups excluding carboxylic acids is 2. The topological polar surface area (TPSA) is 64.3 Å². The maximum atomic E-state index is 12.1. The molecule has 0 radical (unpaired) electrons. The van der Waals surface area contributed by atoms with Gasteiger partial charge in [0.2, 0.25) is 5.43 Å². The zero-order valence-electron chi connectivity index (χ0n) is 16.4. The Bertz CT molecular complexity index is 1380. The van der Waals surface area contributed by atoms with Crippen LogP contribution >= 0.6 is 0 Å². The monoisotopic (exact) mass is 404 g/mol. The van der Waals surface area contributed by atoms with E-state index in [1.54, 1.807) is 60.7 Å². The molecule has 148 valence electrons. The highest BCUT2D eigenvalue weighted by molar-refractivity contribution is 6.28. The van der Waals surface area contributed by atoms with E-state index in [9.17, 15) is 14.4 Å². The van der Waals surface area contributed by atoms with Gasteiger partial charge < -0.3 is 4.42 Å². The van der Waals surface area contributed by atoms with Crippen LogP contribution < -0.4 is 5.43 Å². The van der Waals surface area contributed by atoms with Crippen molar-refractivity contribution in [1.29, 1.82) is 0 Å². The number of para-hydroxylation sites is 2. The maximum Gasteiger partial charge on any atom is 0.200 e. The van der Waals surface area contributed by atoms with Gasteiger partial charge in [0.25, 0.3) is 0 Å². The normalized spacial score (nSPS) is 12.1. The third kappa shape index (κ3) is 3.15. The van der Waals surface area contributed by atoms with Crippen LogP contribution in [0.4, 0.5) is 0 Å². The summed E-state index contributed by atoms with van der Waals surface area (Å²) in [6.07, 6.45) is 0. The zero-order chi connectivity index (χ0) is 21.4. The molecule has 1 heterocycles. The summed E-state index contributed by atoms with van der Waals surface area (Å²) >= 11 is 0. The molecule has 0 amide bonds. The molecule has 4 aromatic carbocycles. The van der Waals surface area contributed by atoms with Crippen LogP contribution in [0.25, 0.3) is 21.9 Å². The summed E-state index contributed by atoms with van der Waals surface area (Å²) in [6, 6.07) is 28.5. The quantitative estimate of drug-likeness (QED) is 0.318. The first-order valence-corrected chi connectivity index (χ1v) is 9.83. The Morgan fingerprint density at radius 3 is 1.13 bits per heavy atom. The molecule has 1 aliphatic rings. The lowest BCUT2D eigenvalue weighted by atomic mass is 9.84. The van der Waals surface area contributed by atoms with Gasteiger partial charge in [-0.1, -0.05) is 72.8 Å². The lowest BCUT2D eigenvalue weighted by Gasteiger charge is -2.16. The van der Waals surface area contributed by atoms with E-state index >= 15 is 0 Å². The van der Waals surface area contributed by atoms with Crippen molar-refractivity contribution in [2.45, 2.75) is 0 Å². The Hall–Kier alpha value is -4.31. The summed E-state index contributed by atoms with van der Waals surface area (Å²) in [6.45, 7) is 0. The second-order valence-electron chi connectivity index (χ2n) is 7.17. The fraction of sp³-hybridized carbons (Fsp3) is 0. The third-order valence-corrected chi connectivity index (χ3v) is 5.32. The number of fused-ring (bicyclic) bond motifs is 4. The van der Waals surface area contributed by atoms with E-state index in [-0.39, 0.29) is 17.0 Å². The predicted octanol–water partition coefficient (Wildman–Crippen LogP) is 5.41. The summed E-state index contributed by atoms with van der Waals surface area (Å²) in [5, 5.41) is 1.27.